The van der Waals surface area contributed by atoms with Crippen molar-refractivity contribution in [1.82, 2.24) is 25.3 Å². The van der Waals surface area contributed by atoms with E-state index in [1.807, 2.05) is 18.7 Å². The van der Waals surface area contributed by atoms with E-state index in [1.54, 1.807) is 0 Å². The lowest BCUT2D eigenvalue weighted by Gasteiger charge is -2.36. The van der Waals surface area contributed by atoms with Crippen LogP contribution in [-0.2, 0) is 4.79 Å². The number of anilines is 1. The van der Waals surface area contributed by atoms with Crippen molar-refractivity contribution < 1.29 is 9.59 Å². The number of carbonyl (C=O) groups excluding carboxylic acids is 2. The van der Waals surface area contributed by atoms with Gasteiger partial charge in [-0.1, -0.05) is 19.3 Å². The molecule has 27 heavy (non-hydrogen) atoms. The second-order valence-electron chi connectivity index (χ2n) is 7.63. The molecule has 8 nitrogen and oxygen atoms in total. The Labute approximate surface area is 160 Å². The number of nitrogens with two attached hydrogens (primary N) is 1. The van der Waals surface area contributed by atoms with Crippen molar-refractivity contribution in [2.24, 2.45) is 0 Å². The zero-order valence-electron chi connectivity index (χ0n) is 16.4. The number of likely N-dealkylation sites (N-methyl/N-ethyl adjacent to an activating group) is 1. The van der Waals surface area contributed by atoms with E-state index in [0.717, 1.165) is 32.5 Å². The molecule has 2 atom stereocenters. The molecule has 0 unspecified atom stereocenters. The van der Waals surface area contributed by atoms with Gasteiger partial charge in [-0.3, -0.25) is 19.6 Å². The van der Waals surface area contributed by atoms with Crippen molar-refractivity contribution in [3.05, 3.63) is 11.8 Å². The summed E-state index contributed by atoms with van der Waals surface area (Å²) in [7, 11) is 0. The number of amides is 2. The fourth-order valence-corrected chi connectivity index (χ4v) is 4.49. The van der Waals surface area contributed by atoms with Crippen LogP contribution in [0, 0.1) is 0 Å². The summed E-state index contributed by atoms with van der Waals surface area (Å²) in [5.41, 5.74) is 5.95. The quantitative estimate of drug-likeness (QED) is 0.695. The Morgan fingerprint density at radius 1 is 1.30 bits per heavy atom. The molecule has 0 spiro atoms. The highest BCUT2D eigenvalue weighted by Gasteiger charge is 2.42. The Balaban J connectivity index is 1.71. The molecule has 2 aliphatic rings. The normalized spacial score (nSPS) is 24.1. The van der Waals surface area contributed by atoms with Crippen molar-refractivity contribution in [3.63, 3.8) is 0 Å². The standard InChI is InChI=1S/C19H32N6O2/c1-3-24(4-2)19(27)16-10-13(12-25(16)14-8-6-5-7-9-14)21-18(26)15-11-17(20)23-22-15/h11,13-14,16H,3-10,12H2,1-2H3,(H,21,26)(H3,20,22,23)/t13-,16+/m1/s1. The lowest BCUT2D eigenvalue weighted by atomic mass is 9.93. The third-order valence-corrected chi connectivity index (χ3v) is 5.92. The first-order valence-corrected chi connectivity index (χ1v) is 10.2. The molecule has 2 amide bonds. The molecule has 8 heteroatoms. The maximum absolute atomic E-state index is 13.1. The van der Waals surface area contributed by atoms with Gasteiger partial charge in [-0.2, -0.15) is 5.10 Å². The van der Waals surface area contributed by atoms with Crippen LogP contribution >= 0.6 is 0 Å². The predicted octanol–water partition coefficient (Wildman–Crippen LogP) is 1.37. The van der Waals surface area contributed by atoms with Gasteiger partial charge in [0.05, 0.1) is 6.04 Å². The largest absolute Gasteiger partial charge is 0.382 e. The van der Waals surface area contributed by atoms with E-state index in [4.69, 9.17) is 5.73 Å². The van der Waals surface area contributed by atoms with Crippen LogP contribution < -0.4 is 11.1 Å². The van der Waals surface area contributed by atoms with Crippen LogP contribution in [0.2, 0.25) is 0 Å². The number of H-pyrrole nitrogens is 1. The highest BCUT2D eigenvalue weighted by Crippen LogP contribution is 2.30. The lowest BCUT2D eigenvalue weighted by molar-refractivity contribution is -0.136. The number of hydrogen-bond acceptors (Lipinski definition) is 5. The first-order valence-electron chi connectivity index (χ1n) is 10.2. The SMILES string of the molecule is CCN(CC)C(=O)[C@@H]1C[C@@H](NC(=O)c2cc(N)n[nH]2)CN1C1CCCCC1. The van der Waals surface area contributed by atoms with Gasteiger partial charge in [0.1, 0.15) is 11.5 Å². The van der Waals surface area contributed by atoms with Gasteiger partial charge in [-0.25, -0.2) is 0 Å². The highest BCUT2D eigenvalue weighted by atomic mass is 16.2. The number of carbonyl (C=O) groups is 2. The molecule has 1 aliphatic heterocycles. The van der Waals surface area contributed by atoms with Crippen molar-refractivity contribution in [2.75, 3.05) is 25.4 Å². The number of aromatic amines is 1. The second-order valence-corrected chi connectivity index (χ2v) is 7.63. The first-order chi connectivity index (χ1) is 13.0. The van der Waals surface area contributed by atoms with E-state index in [2.05, 4.69) is 20.4 Å². The molecule has 1 aromatic rings. The summed E-state index contributed by atoms with van der Waals surface area (Å²) in [5, 5.41) is 9.52. The van der Waals surface area contributed by atoms with Crippen LogP contribution in [0.25, 0.3) is 0 Å². The summed E-state index contributed by atoms with van der Waals surface area (Å²) in [5.74, 6) is 0.266. The molecular formula is C19H32N6O2. The Morgan fingerprint density at radius 2 is 2.00 bits per heavy atom. The number of nitrogens with one attached hydrogen (secondary N) is 2. The first kappa shape index (κ1) is 19.7. The molecule has 1 saturated carbocycles. The number of likely N-dealkylation sites (tertiary alicyclic amines) is 1. The number of aromatic nitrogens is 2. The molecule has 1 aromatic heterocycles. The van der Waals surface area contributed by atoms with Gasteiger partial charge in [0.2, 0.25) is 5.91 Å². The van der Waals surface area contributed by atoms with E-state index in [-0.39, 0.29) is 23.9 Å². The minimum absolute atomic E-state index is 0.0477. The maximum atomic E-state index is 13.1. The molecule has 0 aromatic carbocycles. The van der Waals surface area contributed by atoms with Crippen LogP contribution in [0.5, 0.6) is 0 Å². The topological polar surface area (TPSA) is 107 Å². The van der Waals surface area contributed by atoms with Gasteiger partial charge in [0, 0.05) is 37.8 Å². The number of hydrogen-bond donors (Lipinski definition) is 3. The van der Waals surface area contributed by atoms with Gasteiger partial charge >= 0.3 is 0 Å². The van der Waals surface area contributed by atoms with Crippen LogP contribution in [0.1, 0.15) is 62.9 Å². The molecule has 0 bridgehead atoms. The maximum Gasteiger partial charge on any atom is 0.269 e. The highest BCUT2D eigenvalue weighted by molar-refractivity contribution is 5.93. The minimum Gasteiger partial charge on any atom is -0.382 e. The molecule has 4 N–H and O–H groups in total. The fourth-order valence-electron chi connectivity index (χ4n) is 4.49. The zero-order valence-corrected chi connectivity index (χ0v) is 16.4. The summed E-state index contributed by atoms with van der Waals surface area (Å²) >= 11 is 0. The van der Waals surface area contributed by atoms with Crippen LogP contribution in [0.3, 0.4) is 0 Å². The van der Waals surface area contributed by atoms with Gasteiger partial charge < -0.3 is 16.0 Å². The molecular weight excluding hydrogens is 344 g/mol. The molecule has 3 rings (SSSR count). The van der Waals surface area contributed by atoms with Crippen molar-refractivity contribution in [2.45, 2.75) is 70.5 Å². The molecule has 2 fully saturated rings. The average molecular weight is 377 g/mol. The summed E-state index contributed by atoms with van der Waals surface area (Å²) in [4.78, 5) is 29.8. The summed E-state index contributed by atoms with van der Waals surface area (Å²) in [6.07, 6.45) is 6.65. The average Bonchev–Trinajstić information content (AvgIpc) is 3.30. The summed E-state index contributed by atoms with van der Waals surface area (Å²) < 4.78 is 0. The molecule has 1 aliphatic carbocycles. The second kappa shape index (κ2) is 8.73. The third kappa shape index (κ3) is 4.43. The van der Waals surface area contributed by atoms with Crippen molar-refractivity contribution >= 4 is 17.6 Å². The Kier molecular flexibility index (Phi) is 6.36. The van der Waals surface area contributed by atoms with E-state index in [0.29, 0.717) is 24.0 Å². The van der Waals surface area contributed by atoms with E-state index < -0.39 is 0 Å². The lowest BCUT2D eigenvalue weighted by Crippen LogP contribution is -2.49. The van der Waals surface area contributed by atoms with E-state index in [9.17, 15) is 9.59 Å². The Hall–Kier alpha value is -2.09. The fraction of sp³-hybridized carbons (Fsp3) is 0.737. The van der Waals surface area contributed by atoms with Gasteiger partial charge in [-0.05, 0) is 33.1 Å². The van der Waals surface area contributed by atoms with Gasteiger partial charge in [-0.15, -0.1) is 0 Å². The third-order valence-electron chi connectivity index (χ3n) is 5.92. The number of nitrogen functional groups attached to an aromatic ring is 1. The molecule has 2 heterocycles. The number of nitrogens with zero attached hydrogens (tertiary/aromatic N) is 3. The monoisotopic (exact) mass is 376 g/mol. The zero-order chi connectivity index (χ0) is 19.4. The van der Waals surface area contributed by atoms with Crippen LogP contribution in [0.15, 0.2) is 6.07 Å². The smallest absolute Gasteiger partial charge is 0.269 e. The molecule has 1 saturated heterocycles. The summed E-state index contributed by atoms with van der Waals surface area (Å²) in [6.45, 7) is 6.19. The molecule has 0 radical (unpaired) electrons. The Bertz CT molecular complexity index is 650. The van der Waals surface area contributed by atoms with Gasteiger partial charge in [0.15, 0.2) is 0 Å². The van der Waals surface area contributed by atoms with Crippen molar-refractivity contribution in [3.8, 4) is 0 Å². The predicted molar refractivity (Wildman–Crippen MR) is 104 cm³/mol. The number of rotatable bonds is 6. The van der Waals surface area contributed by atoms with Crippen LogP contribution in [0.4, 0.5) is 5.82 Å². The van der Waals surface area contributed by atoms with Crippen LogP contribution in [-0.4, -0.2) is 69.6 Å². The Morgan fingerprint density at radius 3 is 2.59 bits per heavy atom. The van der Waals surface area contributed by atoms with Crippen molar-refractivity contribution in [1.29, 1.82) is 0 Å². The summed E-state index contributed by atoms with van der Waals surface area (Å²) in [6, 6.07) is 1.77. The minimum atomic E-state index is -0.219. The molecule has 150 valence electrons. The van der Waals surface area contributed by atoms with E-state index >= 15 is 0 Å². The van der Waals surface area contributed by atoms with Gasteiger partial charge in [0.25, 0.3) is 5.91 Å². The van der Waals surface area contributed by atoms with E-state index in [1.165, 1.54) is 25.3 Å².